The average molecular weight is 362 g/mol. The summed E-state index contributed by atoms with van der Waals surface area (Å²) in [4.78, 5) is 37.8. The van der Waals surface area contributed by atoms with Crippen molar-refractivity contribution in [2.75, 3.05) is 38.2 Å². The number of piperidine rings is 1. The van der Waals surface area contributed by atoms with Crippen molar-refractivity contribution in [2.24, 2.45) is 11.8 Å². The number of hydrogen-bond acceptors (Lipinski definition) is 5. The van der Waals surface area contributed by atoms with Crippen molar-refractivity contribution < 1.29 is 27.9 Å². The average Bonchev–Trinajstić information content (AvgIpc) is 2.45. The molecular weight excluding hydrogens is 336 g/mol. The van der Waals surface area contributed by atoms with Crippen LogP contribution in [0.3, 0.4) is 0 Å². The van der Waals surface area contributed by atoms with Crippen molar-refractivity contribution in [1.82, 2.24) is 9.80 Å². The van der Waals surface area contributed by atoms with Gasteiger partial charge in [0.1, 0.15) is 5.75 Å². The lowest BCUT2D eigenvalue weighted by Crippen LogP contribution is -2.47. The van der Waals surface area contributed by atoms with Gasteiger partial charge >= 0.3 is 5.97 Å². The topological polar surface area (TPSA) is 112 Å². The molecule has 0 radical (unpaired) electrons. The first-order valence-corrected chi connectivity index (χ1v) is 9.79. The first-order valence-electron chi connectivity index (χ1n) is 7.97. The van der Waals surface area contributed by atoms with Gasteiger partial charge < -0.3 is 14.9 Å². The summed E-state index contributed by atoms with van der Waals surface area (Å²) in [6.45, 7) is 3.84. The Balaban J connectivity index is 2.57. The van der Waals surface area contributed by atoms with Gasteiger partial charge in [-0.2, -0.15) is 0 Å². The Kier molecular flexibility index (Phi) is 7.19. The quantitative estimate of drug-likeness (QED) is 0.673. The maximum Gasteiger partial charge on any atom is 0.308 e. The van der Waals surface area contributed by atoms with E-state index in [4.69, 9.17) is 5.11 Å². The van der Waals surface area contributed by atoms with Gasteiger partial charge in [-0.15, -0.1) is 0 Å². The number of likely N-dealkylation sites (N-methyl/N-ethyl adjacent to an activating group) is 1. The van der Waals surface area contributed by atoms with Crippen LogP contribution in [0.5, 0.6) is 0 Å². The van der Waals surface area contributed by atoms with Crippen LogP contribution in [-0.4, -0.2) is 79.3 Å². The summed E-state index contributed by atoms with van der Waals surface area (Å²) in [5.74, 6) is -3.28. The van der Waals surface area contributed by atoms with Crippen LogP contribution >= 0.6 is 0 Å². The van der Waals surface area contributed by atoms with Crippen LogP contribution in [0.2, 0.25) is 0 Å². The van der Waals surface area contributed by atoms with E-state index in [2.05, 4.69) is 0 Å². The Hall–Kier alpha value is -1.64. The molecule has 1 rings (SSSR count). The maximum absolute atomic E-state index is 12.2. The number of carboxylic acids is 1. The molecule has 24 heavy (non-hydrogen) atoms. The molecule has 1 saturated heterocycles. The minimum absolute atomic E-state index is 0.0731. The van der Waals surface area contributed by atoms with Crippen LogP contribution in [0.15, 0.2) is 0 Å². The van der Waals surface area contributed by atoms with Crippen LogP contribution in [-0.2, 0) is 24.2 Å². The number of amides is 2. The smallest absolute Gasteiger partial charge is 0.308 e. The Bertz CT molecular complexity index is 587. The van der Waals surface area contributed by atoms with E-state index in [0.29, 0.717) is 19.4 Å². The summed E-state index contributed by atoms with van der Waals surface area (Å²) in [5, 5.41) is 9.04. The van der Waals surface area contributed by atoms with Gasteiger partial charge in [-0.3, -0.25) is 14.4 Å². The third-order valence-electron chi connectivity index (χ3n) is 3.85. The first kappa shape index (κ1) is 20.4. The molecule has 0 aromatic rings. The van der Waals surface area contributed by atoms with Gasteiger partial charge in [0.15, 0.2) is 9.84 Å². The molecular formula is C15H26N2O6S. The molecule has 2 amide bonds. The molecule has 0 spiro atoms. The Morgan fingerprint density at radius 2 is 1.92 bits per heavy atom. The van der Waals surface area contributed by atoms with Crippen molar-refractivity contribution in [3.05, 3.63) is 0 Å². The molecule has 0 aliphatic carbocycles. The van der Waals surface area contributed by atoms with Gasteiger partial charge in [0.25, 0.3) is 0 Å². The normalized spacial score (nSPS) is 18.5. The molecule has 0 bridgehead atoms. The lowest BCUT2D eigenvalue weighted by atomic mass is 9.98. The molecule has 1 aliphatic rings. The monoisotopic (exact) mass is 362 g/mol. The third kappa shape index (κ3) is 6.46. The van der Waals surface area contributed by atoms with E-state index in [1.165, 1.54) is 11.9 Å². The highest BCUT2D eigenvalue weighted by molar-refractivity contribution is 7.92. The number of hydrogen-bond donors (Lipinski definition) is 1. The standard InChI is InChI=1S/C15H26N2O6S/c1-11(2)9-24(22,23)10-14(19)16(3)8-13(18)17-6-4-5-12(7-17)15(20)21/h11-12H,4-10H2,1-3H3,(H,20,21). The van der Waals surface area contributed by atoms with Crippen LogP contribution in [0.4, 0.5) is 0 Å². The minimum Gasteiger partial charge on any atom is -0.481 e. The van der Waals surface area contributed by atoms with Gasteiger partial charge in [0.05, 0.1) is 18.2 Å². The summed E-state index contributed by atoms with van der Waals surface area (Å²) in [7, 11) is -2.12. The molecule has 0 aromatic carbocycles. The first-order chi connectivity index (χ1) is 11.0. The van der Waals surface area contributed by atoms with E-state index in [1.54, 1.807) is 13.8 Å². The second kappa shape index (κ2) is 8.46. The van der Waals surface area contributed by atoms with Crippen molar-refractivity contribution in [1.29, 1.82) is 0 Å². The molecule has 0 saturated carbocycles. The van der Waals surface area contributed by atoms with Gasteiger partial charge in [-0.1, -0.05) is 13.8 Å². The highest BCUT2D eigenvalue weighted by Crippen LogP contribution is 2.16. The number of sulfone groups is 1. The lowest BCUT2D eigenvalue weighted by Gasteiger charge is -2.32. The summed E-state index contributed by atoms with van der Waals surface area (Å²) < 4.78 is 23.7. The van der Waals surface area contributed by atoms with Crippen molar-refractivity contribution >= 4 is 27.6 Å². The van der Waals surface area contributed by atoms with Crippen LogP contribution in [0.25, 0.3) is 0 Å². The lowest BCUT2D eigenvalue weighted by molar-refractivity contribution is -0.147. The number of carboxylic acid groups (broad SMARTS) is 1. The fourth-order valence-electron chi connectivity index (χ4n) is 2.66. The maximum atomic E-state index is 12.2. The third-order valence-corrected chi connectivity index (χ3v) is 5.71. The Morgan fingerprint density at radius 1 is 1.29 bits per heavy atom. The van der Waals surface area contributed by atoms with Gasteiger partial charge in [0, 0.05) is 20.1 Å². The predicted octanol–water partition coefficient (Wildman–Crippen LogP) is -0.161. The zero-order valence-corrected chi connectivity index (χ0v) is 15.2. The molecule has 9 heteroatoms. The molecule has 1 fully saturated rings. The van der Waals surface area contributed by atoms with Crippen molar-refractivity contribution in [2.45, 2.75) is 26.7 Å². The highest BCUT2D eigenvalue weighted by Gasteiger charge is 2.29. The van der Waals surface area contributed by atoms with Gasteiger partial charge in [-0.05, 0) is 18.8 Å². The summed E-state index contributed by atoms with van der Waals surface area (Å²) in [5.41, 5.74) is 0. The SMILES string of the molecule is CC(C)CS(=O)(=O)CC(=O)N(C)CC(=O)N1CCCC(C(=O)O)C1. The number of nitrogens with zero attached hydrogens (tertiary/aromatic N) is 2. The second-order valence-electron chi connectivity index (χ2n) is 6.72. The highest BCUT2D eigenvalue weighted by atomic mass is 32.2. The molecule has 1 unspecified atom stereocenters. The zero-order chi connectivity index (χ0) is 18.5. The van der Waals surface area contributed by atoms with E-state index in [9.17, 15) is 22.8 Å². The number of carbonyl (C=O) groups excluding carboxylic acids is 2. The van der Waals surface area contributed by atoms with E-state index < -0.39 is 33.4 Å². The molecule has 1 atom stereocenters. The Morgan fingerprint density at radius 3 is 2.46 bits per heavy atom. The molecule has 1 heterocycles. The fourth-order valence-corrected chi connectivity index (χ4v) is 4.39. The predicted molar refractivity (Wildman–Crippen MR) is 88.1 cm³/mol. The molecule has 138 valence electrons. The largest absolute Gasteiger partial charge is 0.481 e. The molecule has 1 aliphatic heterocycles. The van der Waals surface area contributed by atoms with Gasteiger partial charge in [-0.25, -0.2) is 8.42 Å². The minimum atomic E-state index is -3.50. The summed E-state index contributed by atoms with van der Waals surface area (Å²) in [6, 6.07) is 0. The van der Waals surface area contributed by atoms with Crippen molar-refractivity contribution in [3.8, 4) is 0 Å². The van der Waals surface area contributed by atoms with E-state index in [1.807, 2.05) is 0 Å². The summed E-state index contributed by atoms with van der Waals surface area (Å²) >= 11 is 0. The van der Waals surface area contributed by atoms with Crippen LogP contribution in [0, 0.1) is 11.8 Å². The number of aliphatic carboxylic acids is 1. The second-order valence-corrected chi connectivity index (χ2v) is 8.82. The van der Waals surface area contributed by atoms with Crippen LogP contribution < -0.4 is 0 Å². The Labute approximate surface area is 142 Å². The van der Waals surface area contributed by atoms with E-state index in [0.717, 1.165) is 4.90 Å². The van der Waals surface area contributed by atoms with E-state index in [-0.39, 0.29) is 30.7 Å². The number of rotatable bonds is 7. The molecule has 8 nitrogen and oxygen atoms in total. The summed E-state index contributed by atoms with van der Waals surface area (Å²) in [6.07, 6.45) is 1.13. The number of likely N-dealkylation sites (tertiary alicyclic amines) is 1. The van der Waals surface area contributed by atoms with Crippen molar-refractivity contribution in [3.63, 3.8) is 0 Å². The fraction of sp³-hybridized carbons (Fsp3) is 0.800. The molecule has 1 N–H and O–H groups in total. The zero-order valence-electron chi connectivity index (χ0n) is 14.4. The van der Waals surface area contributed by atoms with E-state index >= 15 is 0 Å². The number of carbonyl (C=O) groups is 3. The van der Waals surface area contributed by atoms with Crippen LogP contribution in [0.1, 0.15) is 26.7 Å². The van der Waals surface area contributed by atoms with Gasteiger partial charge in [0.2, 0.25) is 11.8 Å². The molecule has 0 aromatic heterocycles.